The summed E-state index contributed by atoms with van der Waals surface area (Å²) in [6.07, 6.45) is 0. The first-order valence-corrected chi connectivity index (χ1v) is 10.6. The summed E-state index contributed by atoms with van der Waals surface area (Å²) >= 11 is 0. The van der Waals surface area contributed by atoms with Crippen LogP contribution in [0.3, 0.4) is 0 Å². The zero-order valence-corrected chi connectivity index (χ0v) is 17.6. The Morgan fingerprint density at radius 2 is 1.81 bits per heavy atom. The molecule has 11 nitrogen and oxygen atoms in total. The predicted octanol–water partition coefficient (Wildman–Crippen LogP) is 1.82. The fourth-order valence-electron chi connectivity index (χ4n) is 2.91. The van der Waals surface area contributed by atoms with E-state index < -0.39 is 25.7 Å². The normalized spacial score (nSPS) is 11.6. The lowest BCUT2D eigenvalue weighted by Crippen LogP contribution is -2.42. The first-order valence-electron chi connectivity index (χ1n) is 9.11. The molecule has 0 saturated heterocycles. The molecular formula is C19H19N5O6S. The van der Waals surface area contributed by atoms with Crippen molar-refractivity contribution in [2.75, 3.05) is 0 Å². The van der Waals surface area contributed by atoms with Gasteiger partial charge in [-0.25, -0.2) is 13.1 Å². The largest absolute Gasteiger partial charge is 0.287 e. The molecule has 31 heavy (non-hydrogen) atoms. The Bertz CT molecular complexity index is 1360. The summed E-state index contributed by atoms with van der Waals surface area (Å²) in [6.45, 7) is 4.92. The van der Waals surface area contributed by atoms with E-state index in [1.165, 1.54) is 25.1 Å². The van der Waals surface area contributed by atoms with Crippen LogP contribution >= 0.6 is 0 Å². The van der Waals surface area contributed by atoms with Gasteiger partial charge < -0.3 is 0 Å². The highest BCUT2D eigenvalue weighted by molar-refractivity contribution is 7.89. The third kappa shape index (κ3) is 4.29. The van der Waals surface area contributed by atoms with Gasteiger partial charge in [0.05, 0.1) is 21.2 Å². The number of hydrogen-bond acceptors (Lipinski definition) is 7. The van der Waals surface area contributed by atoms with Crippen molar-refractivity contribution in [2.24, 2.45) is 0 Å². The van der Waals surface area contributed by atoms with Crippen molar-refractivity contribution in [1.82, 2.24) is 20.0 Å². The minimum atomic E-state index is -4.31. The van der Waals surface area contributed by atoms with Gasteiger partial charge in [-0.3, -0.25) is 25.1 Å². The van der Waals surface area contributed by atoms with Gasteiger partial charge in [-0.15, -0.1) is 4.83 Å². The van der Waals surface area contributed by atoms with Crippen molar-refractivity contribution >= 4 is 32.4 Å². The van der Waals surface area contributed by atoms with Crippen molar-refractivity contribution in [3.05, 3.63) is 74.2 Å². The fraction of sp³-hybridized carbons (Fsp3) is 0.211. The van der Waals surface area contributed by atoms with Crippen LogP contribution in [0.1, 0.15) is 35.9 Å². The highest BCUT2D eigenvalue weighted by Gasteiger charge is 2.23. The zero-order valence-electron chi connectivity index (χ0n) is 16.8. The summed E-state index contributed by atoms with van der Waals surface area (Å²) in [6, 6.07) is 9.38. The van der Waals surface area contributed by atoms with Gasteiger partial charge in [0.1, 0.15) is 0 Å². The standard InChI is InChI=1S/C19H19N5O6S/c1-11(2)23-19(26)15-7-5-4-6-14(15)17(21-23)18(25)20-22-31(29,30)13-9-8-12(3)16(10-13)24(27)28/h4-11,22H,1-3H3,(H,20,25). The molecule has 0 spiro atoms. The van der Waals surface area contributed by atoms with E-state index in [1.54, 1.807) is 32.0 Å². The summed E-state index contributed by atoms with van der Waals surface area (Å²) in [4.78, 5) is 37.2. The Morgan fingerprint density at radius 1 is 1.16 bits per heavy atom. The number of nitro groups is 1. The fourth-order valence-corrected chi connectivity index (χ4v) is 3.77. The SMILES string of the molecule is Cc1ccc(S(=O)(=O)NNC(=O)c2nn(C(C)C)c(=O)c3ccccc23)cc1[N+](=O)[O-]. The van der Waals surface area contributed by atoms with Crippen molar-refractivity contribution in [1.29, 1.82) is 0 Å². The summed E-state index contributed by atoms with van der Waals surface area (Å²) in [5.41, 5.74) is 1.44. The van der Waals surface area contributed by atoms with Gasteiger partial charge in [0.25, 0.3) is 27.2 Å². The van der Waals surface area contributed by atoms with E-state index in [0.29, 0.717) is 5.56 Å². The number of aryl methyl sites for hydroxylation is 1. The second-order valence-electron chi connectivity index (χ2n) is 7.00. The van der Waals surface area contributed by atoms with E-state index in [0.717, 1.165) is 10.7 Å². The number of benzene rings is 2. The number of carbonyl (C=O) groups excluding carboxylic acids is 1. The topological polar surface area (TPSA) is 153 Å². The highest BCUT2D eigenvalue weighted by Crippen LogP contribution is 2.22. The van der Waals surface area contributed by atoms with Crippen LogP contribution in [0.4, 0.5) is 5.69 Å². The maximum absolute atomic E-state index is 12.7. The predicted molar refractivity (Wildman–Crippen MR) is 112 cm³/mol. The van der Waals surface area contributed by atoms with Gasteiger partial charge >= 0.3 is 0 Å². The number of fused-ring (bicyclic) bond motifs is 1. The van der Waals surface area contributed by atoms with Gasteiger partial charge in [0.2, 0.25) is 0 Å². The maximum Gasteiger partial charge on any atom is 0.287 e. The lowest BCUT2D eigenvalue weighted by molar-refractivity contribution is -0.385. The molecule has 0 saturated carbocycles. The van der Waals surface area contributed by atoms with E-state index in [4.69, 9.17) is 0 Å². The summed E-state index contributed by atoms with van der Waals surface area (Å²) in [5.74, 6) is -0.893. The Hall–Kier alpha value is -3.64. The van der Waals surface area contributed by atoms with Crippen LogP contribution < -0.4 is 15.8 Å². The highest BCUT2D eigenvalue weighted by atomic mass is 32.2. The summed E-state index contributed by atoms with van der Waals surface area (Å²) < 4.78 is 26.2. The molecule has 2 N–H and O–H groups in total. The first-order chi connectivity index (χ1) is 14.5. The second-order valence-corrected chi connectivity index (χ2v) is 8.69. The van der Waals surface area contributed by atoms with Gasteiger partial charge in [-0.2, -0.15) is 5.10 Å². The van der Waals surface area contributed by atoms with E-state index >= 15 is 0 Å². The average molecular weight is 445 g/mol. The quantitative estimate of drug-likeness (QED) is 0.433. The zero-order chi connectivity index (χ0) is 22.9. The Morgan fingerprint density at radius 3 is 2.42 bits per heavy atom. The molecule has 1 amide bonds. The number of hydrogen-bond donors (Lipinski definition) is 2. The number of hydrazine groups is 1. The molecule has 0 aliphatic rings. The van der Waals surface area contributed by atoms with Crippen LogP contribution in [0.5, 0.6) is 0 Å². The lowest BCUT2D eigenvalue weighted by atomic mass is 10.1. The van der Waals surface area contributed by atoms with Gasteiger partial charge in [-0.1, -0.05) is 24.3 Å². The molecule has 3 aromatic rings. The smallest absolute Gasteiger partial charge is 0.272 e. The molecule has 0 aliphatic heterocycles. The molecule has 12 heteroatoms. The Kier molecular flexibility index (Phi) is 5.86. The maximum atomic E-state index is 12.7. The van der Waals surface area contributed by atoms with E-state index in [9.17, 15) is 28.1 Å². The minimum Gasteiger partial charge on any atom is -0.272 e. The number of nitrogens with one attached hydrogen (secondary N) is 2. The summed E-state index contributed by atoms with van der Waals surface area (Å²) in [5, 5.41) is 15.7. The molecule has 1 heterocycles. The van der Waals surface area contributed by atoms with Gasteiger partial charge in [0, 0.05) is 17.0 Å². The molecular weight excluding hydrogens is 426 g/mol. The molecule has 162 valence electrons. The van der Waals surface area contributed by atoms with Crippen LogP contribution in [0.25, 0.3) is 10.8 Å². The number of aromatic nitrogens is 2. The third-order valence-electron chi connectivity index (χ3n) is 4.52. The number of sulfonamides is 1. The van der Waals surface area contributed by atoms with Gasteiger partial charge in [-0.05, 0) is 32.9 Å². The van der Waals surface area contributed by atoms with Crippen LogP contribution in [0.2, 0.25) is 0 Å². The molecule has 0 aliphatic carbocycles. The van der Waals surface area contributed by atoms with Gasteiger partial charge in [0.15, 0.2) is 5.69 Å². The van der Waals surface area contributed by atoms with E-state index in [2.05, 4.69) is 10.5 Å². The number of carbonyl (C=O) groups is 1. The minimum absolute atomic E-state index is 0.151. The summed E-state index contributed by atoms with van der Waals surface area (Å²) in [7, 11) is -4.31. The molecule has 0 atom stereocenters. The first kappa shape index (κ1) is 22.1. The van der Waals surface area contributed by atoms with Crippen molar-refractivity contribution in [3.8, 4) is 0 Å². The van der Waals surface area contributed by atoms with Crippen molar-refractivity contribution in [3.63, 3.8) is 0 Å². The number of nitro benzene ring substituents is 1. The molecule has 3 rings (SSSR count). The lowest BCUT2D eigenvalue weighted by Gasteiger charge is -2.14. The van der Waals surface area contributed by atoms with Crippen LogP contribution in [0.15, 0.2) is 52.2 Å². The third-order valence-corrected chi connectivity index (χ3v) is 5.76. The monoisotopic (exact) mass is 445 g/mol. The molecule has 0 radical (unpaired) electrons. The van der Waals surface area contributed by atoms with E-state index in [-0.39, 0.29) is 33.8 Å². The Balaban J connectivity index is 1.95. The molecule has 2 aromatic carbocycles. The molecule has 0 unspecified atom stereocenters. The second kappa shape index (κ2) is 8.24. The molecule has 0 fully saturated rings. The van der Waals surface area contributed by atoms with E-state index in [1.807, 2.05) is 4.83 Å². The van der Waals surface area contributed by atoms with Crippen molar-refractivity contribution in [2.45, 2.75) is 31.7 Å². The van der Waals surface area contributed by atoms with Crippen LogP contribution in [-0.2, 0) is 10.0 Å². The van der Waals surface area contributed by atoms with Crippen LogP contribution in [-0.4, -0.2) is 29.0 Å². The Labute approximate surface area is 176 Å². The average Bonchev–Trinajstić information content (AvgIpc) is 2.72. The number of nitrogens with zero attached hydrogens (tertiary/aromatic N) is 3. The number of amides is 1. The van der Waals surface area contributed by atoms with Crippen molar-refractivity contribution < 1.29 is 18.1 Å². The number of rotatable bonds is 6. The molecule has 0 bridgehead atoms. The van der Waals surface area contributed by atoms with Crippen LogP contribution in [0, 0.1) is 17.0 Å². The molecule has 1 aromatic heterocycles.